The zero-order valence-electron chi connectivity index (χ0n) is 10.1. The first-order chi connectivity index (χ1) is 7.79. The van der Waals surface area contributed by atoms with Gasteiger partial charge in [0.25, 0.3) is 0 Å². The van der Waals surface area contributed by atoms with Crippen LogP contribution in [-0.4, -0.2) is 0 Å². The van der Waals surface area contributed by atoms with Crippen LogP contribution in [0.25, 0.3) is 12.2 Å². The van der Waals surface area contributed by atoms with Gasteiger partial charge in [-0.15, -0.1) is 11.3 Å². The third-order valence-corrected chi connectivity index (χ3v) is 3.41. The summed E-state index contributed by atoms with van der Waals surface area (Å²) >= 11 is 1.77. The number of pyridine rings is 1. The van der Waals surface area contributed by atoms with E-state index in [1.807, 2.05) is 0 Å². The summed E-state index contributed by atoms with van der Waals surface area (Å²) < 4.78 is 2.10. The first kappa shape index (κ1) is 14.4. The van der Waals surface area contributed by atoms with E-state index < -0.39 is 0 Å². The highest BCUT2D eigenvalue weighted by Crippen LogP contribution is 2.15. The molecule has 0 unspecified atom stereocenters. The summed E-state index contributed by atoms with van der Waals surface area (Å²) in [6.45, 7) is 2.19. The van der Waals surface area contributed by atoms with Gasteiger partial charge in [0.15, 0.2) is 12.4 Å². The molecular weight excluding hydrogens is 341 g/mol. The molecule has 0 aromatic carbocycles. The molecule has 0 aliphatic rings. The van der Waals surface area contributed by atoms with Gasteiger partial charge in [-0.2, -0.15) is 0 Å². The van der Waals surface area contributed by atoms with Crippen LogP contribution in [0.2, 0.25) is 0 Å². The van der Waals surface area contributed by atoms with Gasteiger partial charge in [-0.25, -0.2) is 4.57 Å². The standard InChI is InChI=1S/C14H16NS.HI/c1-3-12-11-15(2)9-8-13(12)6-7-14-5-4-10-16-14;/h4-11H,3H2,1-2H3;1H/q+1;/p-1/b7-6+;. The Bertz CT molecular complexity index is 489. The fraction of sp³-hybridized carbons (Fsp3) is 0.214. The van der Waals surface area contributed by atoms with Gasteiger partial charge in [0, 0.05) is 16.5 Å². The van der Waals surface area contributed by atoms with E-state index >= 15 is 0 Å². The summed E-state index contributed by atoms with van der Waals surface area (Å²) in [5, 5.41) is 2.10. The average Bonchev–Trinajstić information content (AvgIpc) is 2.80. The minimum absolute atomic E-state index is 0. The number of halogens is 1. The van der Waals surface area contributed by atoms with E-state index in [9.17, 15) is 0 Å². The third-order valence-electron chi connectivity index (χ3n) is 2.57. The van der Waals surface area contributed by atoms with E-state index in [2.05, 4.69) is 66.7 Å². The van der Waals surface area contributed by atoms with E-state index in [-0.39, 0.29) is 24.0 Å². The second kappa shape index (κ2) is 6.91. The molecule has 0 radical (unpaired) electrons. The predicted octanol–water partition coefficient (Wildman–Crippen LogP) is 0.309. The van der Waals surface area contributed by atoms with Crippen LogP contribution in [0.1, 0.15) is 22.9 Å². The van der Waals surface area contributed by atoms with Gasteiger partial charge in [0.2, 0.25) is 0 Å². The van der Waals surface area contributed by atoms with Crippen molar-refractivity contribution >= 4 is 23.5 Å². The summed E-state index contributed by atoms with van der Waals surface area (Å²) in [6.07, 6.45) is 9.73. The molecule has 0 bridgehead atoms. The number of nitrogens with zero attached hydrogens (tertiary/aromatic N) is 1. The summed E-state index contributed by atoms with van der Waals surface area (Å²) in [6, 6.07) is 6.38. The lowest BCUT2D eigenvalue weighted by atomic mass is 10.1. The number of hydrogen-bond acceptors (Lipinski definition) is 1. The molecule has 0 atom stereocenters. The second-order valence-corrected chi connectivity index (χ2v) is 4.77. The first-order valence-corrected chi connectivity index (χ1v) is 6.37. The number of aromatic nitrogens is 1. The summed E-state index contributed by atoms with van der Waals surface area (Å²) in [7, 11) is 2.06. The molecule has 0 amide bonds. The minimum Gasteiger partial charge on any atom is -1.00 e. The first-order valence-electron chi connectivity index (χ1n) is 5.49. The van der Waals surface area contributed by atoms with Gasteiger partial charge < -0.3 is 24.0 Å². The smallest absolute Gasteiger partial charge is 0.172 e. The Morgan fingerprint density at radius 1 is 1.29 bits per heavy atom. The monoisotopic (exact) mass is 357 g/mol. The van der Waals surface area contributed by atoms with Crippen molar-refractivity contribution in [3.63, 3.8) is 0 Å². The van der Waals surface area contributed by atoms with Gasteiger partial charge in [0.05, 0.1) is 0 Å². The Kier molecular flexibility index (Phi) is 5.85. The molecule has 2 aromatic heterocycles. The molecule has 2 aromatic rings. The van der Waals surface area contributed by atoms with E-state index in [0.29, 0.717) is 0 Å². The molecule has 17 heavy (non-hydrogen) atoms. The second-order valence-electron chi connectivity index (χ2n) is 3.79. The molecule has 1 nitrogen and oxygen atoms in total. The van der Waals surface area contributed by atoms with Crippen LogP contribution in [0.4, 0.5) is 0 Å². The Morgan fingerprint density at radius 2 is 2.12 bits per heavy atom. The molecule has 0 spiro atoms. The van der Waals surface area contributed by atoms with Crippen LogP contribution in [0.5, 0.6) is 0 Å². The van der Waals surface area contributed by atoms with Crippen molar-refractivity contribution in [2.45, 2.75) is 13.3 Å². The van der Waals surface area contributed by atoms with Crippen LogP contribution in [0.3, 0.4) is 0 Å². The maximum atomic E-state index is 2.20. The van der Waals surface area contributed by atoms with Gasteiger partial charge in [-0.3, -0.25) is 0 Å². The Hall–Kier alpha value is -0.680. The van der Waals surface area contributed by atoms with Crippen molar-refractivity contribution in [1.82, 2.24) is 0 Å². The SMILES string of the molecule is CCc1c[n+](C)ccc1/C=C/c1cccs1.[I-]. The fourth-order valence-corrected chi connectivity index (χ4v) is 2.30. The van der Waals surface area contributed by atoms with Crippen molar-refractivity contribution in [1.29, 1.82) is 0 Å². The van der Waals surface area contributed by atoms with Crippen molar-refractivity contribution in [2.75, 3.05) is 0 Å². The van der Waals surface area contributed by atoms with Crippen molar-refractivity contribution < 1.29 is 28.5 Å². The van der Waals surface area contributed by atoms with Crippen LogP contribution in [-0.2, 0) is 13.5 Å². The van der Waals surface area contributed by atoms with Gasteiger partial charge in [-0.05, 0) is 29.5 Å². The Morgan fingerprint density at radius 3 is 2.76 bits per heavy atom. The Labute approximate surface area is 124 Å². The van der Waals surface area contributed by atoms with Crippen molar-refractivity contribution in [3.05, 3.63) is 52.0 Å². The number of aryl methyl sites for hydroxylation is 2. The summed E-state index contributed by atoms with van der Waals surface area (Å²) in [5.41, 5.74) is 2.70. The van der Waals surface area contributed by atoms with E-state index in [4.69, 9.17) is 0 Å². The predicted molar refractivity (Wildman–Crippen MR) is 70.2 cm³/mol. The molecule has 0 fully saturated rings. The lowest BCUT2D eigenvalue weighted by molar-refractivity contribution is -0.671. The maximum Gasteiger partial charge on any atom is 0.172 e. The lowest BCUT2D eigenvalue weighted by Crippen LogP contribution is -3.00. The van der Waals surface area contributed by atoms with E-state index in [1.165, 1.54) is 16.0 Å². The lowest BCUT2D eigenvalue weighted by Gasteiger charge is -2.00. The molecule has 90 valence electrons. The summed E-state index contributed by atoms with van der Waals surface area (Å²) in [5.74, 6) is 0. The minimum atomic E-state index is 0. The molecule has 0 saturated carbocycles. The number of thiophene rings is 1. The molecule has 0 saturated heterocycles. The van der Waals surface area contributed by atoms with Crippen LogP contribution in [0.15, 0.2) is 36.0 Å². The number of hydrogen-bond donors (Lipinski definition) is 0. The highest BCUT2D eigenvalue weighted by atomic mass is 127. The highest BCUT2D eigenvalue weighted by Gasteiger charge is 2.02. The fourth-order valence-electron chi connectivity index (χ4n) is 1.68. The van der Waals surface area contributed by atoms with E-state index in [1.54, 1.807) is 11.3 Å². The third kappa shape index (κ3) is 3.92. The highest BCUT2D eigenvalue weighted by molar-refractivity contribution is 7.10. The number of rotatable bonds is 3. The van der Waals surface area contributed by atoms with Crippen LogP contribution >= 0.6 is 11.3 Å². The molecule has 0 aliphatic carbocycles. The zero-order valence-corrected chi connectivity index (χ0v) is 13.0. The molecule has 0 N–H and O–H groups in total. The van der Waals surface area contributed by atoms with Gasteiger partial charge in [0.1, 0.15) is 7.05 Å². The van der Waals surface area contributed by atoms with Gasteiger partial charge in [-0.1, -0.05) is 19.1 Å². The topological polar surface area (TPSA) is 3.88 Å². The van der Waals surface area contributed by atoms with Crippen LogP contribution in [0, 0.1) is 0 Å². The largest absolute Gasteiger partial charge is 1.00 e. The molecule has 2 heterocycles. The van der Waals surface area contributed by atoms with Crippen molar-refractivity contribution in [3.8, 4) is 0 Å². The van der Waals surface area contributed by atoms with Gasteiger partial charge >= 0.3 is 0 Å². The molecule has 2 rings (SSSR count). The normalized spacial score (nSPS) is 10.5. The average molecular weight is 357 g/mol. The summed E-state index contributed by atoms with van der Waals surface area (Å²) in [4.78, 5) is 1.30. The van der Waals surface area contributed by atoms with Crippen LogP contribution < -0.4 is 28.5 Å². The molecular formula is C14H16INS. The quantitative estimate of drug-likeness (QED) is 0.550. The van der Waals surface area contributed by atoms with E-state index in [0.717, 1.165) is 6.42 Å². The molecule has 3 heteroatoms. The maximum absolute atomic E-state index is 2.20. The molecule has 0 aliphatic heterocycles. The van der Waals surface area contributed by atoms with Crippen molar-refractivity contribution in [2.24, 2.45) is 7.05 Å². The Balaban J connectivity index is 0.00000144. The zero-order chi connectivity index (χ0) is 11.4.